The van der Waals surface area contributed by atoms with E-state index in [4.69, 9.17) is 4.74 Å². The molecule has 0 bridgehead atoms. The summed E-state index contributed by atoms with van der Waals surface area (Å²) in [6, 6.07) is 9.50. The average molecular weight is 372 g/mol. The van der Waals surface area contributed by atoms with E-state index in [0.29, 0.717) is 11.0 Å². The lowest BCUT2D eigenvalue weighted by molar-refractivity contribution is -0.113. The second kappa shape index (κ2) is 8.05. The Labute approximate surface area is 155 Å². The predicted molar refractivity (Wildman–Crippen MR) is 99.9 cm³/mol. The minimum Gasteiger partial charge on any atom is -0.497 e. The maximum absolute atomic E-state index is 12.3. The molecule has 2 aromatic heterocycles. The Bertz CT molecular complexity index is 872. The predicted octanol–water partition coefficient (Wildman–Crippen LogP) is 2.78. The van der Waals surface area contributed by atoms with Crippen LogP contribution in [0.25, 0.3) is 5.69 Å². The second-order valence-electron chi connectivity index (χ2n) is 5.77. The lowest BCUT2D eigenvalue weighted by atomic mass is 10.3. The Hall–Kier alpha value is -2.81. The normalized spacial score (nSPS) is 10.9. The lowest BCUT2D eigenvalue weighted by Crippen LogP contribution is -2.18. The number of thioether (sulfide) groups is 1. The van der Waals surface area contributed by atoms with Crippen LogP contribution in [0.4, 0.5) is 5.82 Å². The maximum atomic E-state index is 12.3. The van der Waals surface area contributed by atoms with Gasteiger partial charge in [-0.15, -0.1) is 10.2 Å². The van der Waals surface area contributed by atoms with Crippen LogP contribution in [0.1, 0.15) is 19.9 Å². The van der Waals surface area contributed by atoms with Gasteiger partial charge in [-0.1, -0.05) is 11.8 Å². The van der Waals surface area contributed by atoms with Crippen LogP contribution in [0.5, 0.6) is 5.75 Å². The van der Waals surface area contributed by atoms with E-state index in [1.807, 2.05) is 42.7 Å². The molecule has 0 fully saturated rings. The first-order chi connectivity index (χ1) is 12.6. The molecule has 0 spiro atoms. The summed E-state index contributed by atoms with van der Waals surface area (Å²) < 4.78 is 8.76. The van der Waals surface area contributed by atoms with Crippen molar-refractivity contribution in [3.8, 4) is 11.4 Å². The Morgan fingerprint density at radius 2 is 2.04 bits per heavy atom. The molecule has 0 unspecified atom stereocenters. The number of rotatable bonds is 7. The van der Waals surface area contributed by atoms with Crippen LogP contribution in [0, 0.1) is 0 Å². The zero-order valence-electron chi connectivity index (χ0n) is 14.8. The quantitative estimate of drug-likeness (QED) is 0.642. The Kier molecular flexibility index (Phi) is 5.57. The highest BCUT2D eigenvalue weighted by Crippen LogP contribution is 2.22. The van der Waals surface area contributed by atoms with Crippen molar-refractivity contribution >= 4 is 23.5 Å². The summed E-state index contributed by atoms with van der Waals surface area (Å²) in [5, 5.41) is 15.8. The number of nitrogens with zero attached hydrogens (tertiary/aromatic N) is 5. The zero-order chi connectivity index (χ0) is 18.5. The second-order valence-corrected chi connectivity index (χ2v) is 6.72. The summed E-state index contributed by atoms with van der Waals surface area (Å²) in [6.45, 7) is 4.02. The number of hydrogen-bond donors (Lipinski definition) is 1. The molecule has 9 heteroatoms. The maximum Gasteiger partial charge on any atom is 0.235 e. The molecule has 26 heavy (non-hydrogen) atoms. The van der Waals surface area contributed by atoms with Crippen molar-refractivity contribution in [2.45, 2.75) is 25.0 Å². The molecule has 0 aliphatic carbocycles. The standard InChI is InChI=1S/C17H20N6O2S/c1-12(2)23-15(8-9-19-23)20-16(24)10-26-17-21-18-11-22(17)13-4-6-14(25-3)7-5-13/h4-9,11-12H,10H2,1-3H3,(H,20,24). The first-order valence-corrected chi connectivity index (χ1v) is 9.07. The first-order valence-electron chi connectivity index (χ1n) is 8.09. The van der Waals surface area contributed by atoms with Gasteiger partial charge in [0, 0.05) is 17.8 Å². The lowest BCUT2D eigenvalue weighted by Gasteiger charge is -2.11. The average Bonchev–Trinajstić information content (AvgIpc) is 3.29. The van der Waals surface area contributed by atoms with Crippen LogP contribution >= 0.6 is 11.8 Å². The minimum absolute atomic E-state index is 0.123. The molecule has 3 aromatic rings. The minimum atomic E-state index is -0.123. The molecule has 1 N–H and O–H groups in total. The van der Waals surface area contributed by atoms with E-state index in [0.717, 1.165) is 11.4 Å². The molecule has 0 atom stereocenters. The van der Waals surface area contributed by atoms with Crippen molar-refractivity contribution in [1.29, 1.82) is 0 Å². The van der Waals surface area contributed by atoms with E-state index >= 15 is 0 Å². The van der Waals surface area contributed by atoms with Crippen LogP contribution in [-0.2, 0) is 4.79 Å². The summed E-state index contributed by atoms with van der Waals surface area (Å²) in [4.78, 5) is 12.3. The number of ether oxygens (including phenoxy) is 1. The fraction of sp³-hybridized carbons (Fsp3) is 0.294. The van der Waals surface area contributed by atoms with Crippen molar-refractivity contribution < 1.29 is 9.53 Å². The Balaban J connectivity index is 1.64. The topological polar surface area (TPSA) is 86.9 Å². The molecule has 0 saturated carbocycles. The number of carbonyl (C=O) groups is 1. The van der Waals surface area contributed by atoms with Crippen molar-refractivity contribution in [3.05, 3.63) is 42.9 Å². The van der Waals surface area contributed by atoms with Crippen LogP contribution in [-0.4, -0.2) is 43.3 Å². The number of hydrogen-bond acceptors (Lipinski definition) is 6. The molecular formula is C17H20N6O2S. The van der Waals surface area contributed by atoms with E-state index in [1.54, 1.807) is 30.4 Å². The number of nitrogens with one attached hydrogen (secondary N) is 1. The van der Waals surface area contributed by atoms with Gasteiger partial charge in [0.1, 0.15) is 17.9 Å². The summed E-state index contributed by atoms with van der Waals surface area (Å²) in [7, 11) is 1.62. The number of aromatic nitrogens is 5. The van der Waals surface area contributed by atoms with Crippen LogP contribution in [0.3, 0.4) is 0 Å². The molecule has 136 valence electrons. The van der Waals surface area contributed by atoms with E-state index in [9.17, 15) is 4.79 Å². The Morgan fingerprint density at radius 3 is 2.73 bits per heavy atom. The first kappa shape index (κ1) is 18.0. The number of amides is 1. The third kappa shape index (κ3) is 4.05. The van der Waals surface area contributed by atoms with Crippen molar-refractivity contribution in [1.82, 2.24) is 24.5 Å². The molecule has 2 heterocycles. The van der Waals surface area contributed by atoms with Gasteiger partial charge in [0.25, 0.3) is 0 Å². The molecule has 8 nitrogen and oxygen atoms in total. The van der Waals surface area contributed by atoms with Gasteiger partial charge in [-0.25, -0.2) is 4.68 Å². The van der Waals surface area contributed by atoms with Crippen molar-refractivity contribution in [2.75, 3.05) is 18.2 Å². The monoisotopic (exact) mass is 372 g/mol. The van der Waals surface area contributed by atoms with Gasteiger partial charge in [-0.05, 0) is 38.1 Å². The van der Waals surface area contributed by atoms with E-state index in [1.165, 1.54) is 11.8 Å². The van der Waals surface area contributed by atoms with Crippen LogP contribution in [0.15, 0.2) is 48.0 Å². The SMILES string of the molecule is COc1ccc(-n2cnnc2SCC(=O)Nc2ccnn2C(C)C)cc1. The number of benzene rings is 1. The summed E-state index contributed by atoms with van der Waals surface area (Å²) in [6.07, 6.45) is 3.29. The number of methoxy groups -OCH3 is 1. The fourth-order valence-electron chi connectivity index (χ4n) is 2.38. The van der Waals surface area contributed by atoms with E-state index < -0.39 is 0 Å². The van der Waals surface area contributed by atoms with Crippen LogP contribution in [0.2, 0.25) is 0 Å². The largest absolute Gasteiger partial charge is 0.497 e. The number of anilines is 1. The molecule has 1 amide bonds. The smallest absolute Gasteiger partial charge is 0.235 e. The summed E-state index contributed by atoms with van der Waals surface area (Å²) >= 11 is 1.32. The fourth-order valence-corrected chi connectivity index (χ4v) is 3.11. The molecule has 3 rings (SSSR count). The van der Waals surface area contributed by atoms with Gasteiger partial charge in [0.15, 0.2) is 5.16 Å². The Morgan fingerprint density at radius 1 is 1.27 bits per heavy atom. The highest BCUT2D eigenvalue weighted by molar-refractivity contribution is 7.99. The van der Waals surface area contributed by atoms with Gasteiger partial charge >= 0.3 is 0 Å². The van der Waals surface area contributed by atoms with Gasteiger partial charge < -0.3 is 10.1 Å². The van der Waals surface area contributed by atoms with Crippen LogP contribution < -0.4 is 10.1 Å². The molecular weight excluding hydrogens is 352 g/mol. The highest BCUT2D eigenvalue weighted by Gasteiger charge is 2.13. The summed E-state index contributed by atoms with van der Waals surface area (Å²) in [5.74, 6) is 1.55. The molecule has 1 aromatic carbocycles. The molecule has 0 aliphatic heterocycles. The van der Waals surface area contributed by atoms with E-state index in [-0.39, 0.29) is 17.7 Å². The third-order valence-electron chi connectivity index (χ3n) is 3.63. The van der Waals surface area contributed by atoms with Gasteiger partial charge in [0.2, 0.25) is 5.91 Å². The molecule has 0 radical (unpaired) electrons. The number of carbonyl (C=O) groups excluding carboxylic acids is 1. The zero-order valence-corrected chi connectivity index (χ0v) is 15.6. The molecule has 0 saturated heterocycles. The van der Waals surface area contributed by atoms with Crippen molar-refractivity contribution in [2.24, 2.45) is 0 Å². The van der Waals surface area contributed by atoms with Gasteiger partial charge in [-0.2, -0.15) is 5.10 Å². The highest BCUT2D eigenvalue weighted by atomic mass is 32.2. The van der Waals surface area contributed by atoms with Gasteiger partial charge in [0.05, 0.1) is 19.1 Å². The van der Waals surface area contributed by atoms with E-state index in [2.05, 4.69) is 20.6 Å². The summed E-state index contributed by atoms with van der Waals surface area (Å²) in [5.41, 5.74) is 0.900. The van der Waals surface area contributed by atoms with Gasteiger partial charge in [-0.3, -0.25) is 9.36 Å². The van der Waals surface area contributed by atoms with Crippen molar-refractivity contribution in [3.63, 3.8) is 0 Å². The third-order valence-corrected chi connectivity index (χ3v) is 4.57. The molecule has 0 aliphatic rings.